The Morgan fingerprint density at radius 3 is 2.19 bits per heavy atom. The number of amides is 2. The maximum Gasteiger partial charge on any atom is 0.329 e. The van der Waals surface area contributed by atoms with Crippen molar-refractivity contribution < 1.29 is 19.1 Å². The summed E-state index contributed by atoms with van der Waals surface area (Å²) in [5.41, 5.74) is 1.35. The molecule has 1 aliphatic rings. The van der Waals surface area contributed by atoms with E-state index in [2.05, 4.69) is 0 Å². The summed E-state index contributed by atoms with van der Waals surface area (Å²) in [5, 5.41) is 0.541. The zero-order valence-corrected chi connectivity index (χ0v) is 15.2. The van der Waals surface area contributed by atoms with E-state index in [1.54, 1.807) is 62.4 Å². The molecule has 0 fully saturated rings. The van der Waals surface area contributed by atoms with Gasteiger partial charge in [-0.2, -0.15) is 0 Å². The molecule has 1 heterocycles. The first-order chi connectivity index (χ1) is 12.4. The standard InChI is InChI=1S/C20H18ClNO4/c1-12(2)17(20(25)26-11-13-6-5-7-14(21)10-13)22-18(23)15-8-3-4-9-16(15)19(22)24/h3-10,12,17H,11H2,1-2H3/t17-/m1/s1. The van der Waals surface area contributed by atoms with E-state index in [1.807, 2.05) is 0 Å². The van der Waals surface area contributed by atoms with Crippen LogP contribution in [0, 0.1) is 5.92 Å². The van der Waals surface area contributed by atoms with Gasteiger partial charge in [-0.3, -0.25) is 14.5 Å². The maximum absolute atomic E-state index is 12.7. The summed E-state index contributed by atoms with van der Waals surface area (Å²) in [4.78, 5) is 39.0. The zero-order valence-electron chi connectivity index (χ0n) is 14.4. The van der Waals surface area contributed by atoms with Crippen LogP contribution in [-0.4, -0.2) is 28.7 Å². The van der Waals surface area contributed by atoms with Gasteiger partial charge in [-0.1, -0.05) is 49.7 Å². The Morgan fingerprint density at radius 1 is 1.04 bits per heavy atom. The molecule has 0 aromatic heterocycles. The Balaban J connectivity index is 1.80. The third-order valence-electron chi connectivity index (χ3n) is 4.25. The molecular weight excluding hydrogens is 354 g/mol. The summed E-state index contributed by atoms with van der Waals surface area (Å²) >= 11 is 5.93. The Morgan fingerprint density at radius 2 is 1.65 bits per heavy atom. The molecule has 1 atom stereocenters. The molecule has 5 nitrogen and oxygen atoms in total. The monoisotopic (exact) mass is 371 g/mol. The molecular formula is C20H18ClNO4. The number of esters is 1. The van der Waals surface area contributed by atoms with Crippen molar-refractivity contribution in [2.24, 2.45) is 5.92 Å². The molecule has 0 saturated heterocycles. The van der Waals surface area contributed by atoms with Gasteiger partial charge in [0.1, 0.15) is 12.6 Å². The minimum atomic E-state index is -0.985. The van der Waals surface area contributed by atoms with E-state index >= 15 is 0 Å². The van der Waals surface area contributed by atoms with Crippen molar-refractivity contribution in [2.45, 2.75) is 26.5 Å². The Hall–Kier alpha value is -2.66. The molecule has 0 unspecified atom stereocenters. The van der Waals surface area contributed by atoms with Crippen molar-refractivity contribution in [1.82, 2.24) is 4.90 Å². The van der Waals surface area contributed by atoms with E-state index in [0.717, 1.165) is 10.5 Å². The van der Waals surface area contributed by atoms with Gasteiger partial charge in [0, 0.05) is 5.02 Å². The minimum Gasteiger partial charge on any atom is -0.459 e. The summed E-state index contributed by atoms with van der Waals surface area (Å²) in [6.45, 7) is 3.56. The largest absolute Gasteiger partial charge is 0.459 e. The Bertz CT molecular complexity index is 843. The normalized spacial score (nSPS) is 14.5. The van der Waals surface area contributed by atoms with Gasteiger partial charge in [0.05, 0.1) is 11.1 Å². The predicted octanol–water partition coefficient (Wildman–Crippen LogP) is 3.70. The lowest BCUT2D eigenvalue weighted by Crippen LogP contribution is -2.48. The third kappa shape index (κ3) is 3.35. The lowest BCUT2D eigenvalue weighted by atomic mass is 10.0. The molecule has 1 aliphatic heterocycles. The second-order valence-corrected chi connectivity index (χ2v) is 6.89. The van der Waals surface area contributed by atoms with Crippen molar-refractivity contribution in [3.05, 3.63) is 70.2 Å². The highest BCUT2D eigenvalue weighted by Crippen LogP contribution is 2.27. The zero-order chi connectivity index (χ0) is 18.8. The van der Waals surface area contributed by atoms with Crippen LogP contribution in [0.1, 0.15) is 40.1 Å². The van der Waals surface area contributed by atoms with Gasteiger partial charge in [-0.15, -0.1) is 0 Å². The summed E-state index contributed by atoms with van der Waals surface area (Å²) in [6.07, 6.45) is 0. The van der Waals surface area contributed by atoms with Gasteiger partial charge in [-0.05, 0) is 35.7 Å². The van der Waals surface area contributed by atoms with Crippen molar-refractivity contribution >= 4 is 29.4 Å². The SMILES string of the molecule is CC(C)[C@H](C(=O)OCc1cccc(Cl)c1)N1C(=O)c2ccccc2C1=O. The summed E-state index contributed by atoms with van der Waals surface area (Å²) < 4.78 is 5.37. The number of imide groups is 1. The number of nitrogens with zero attached hydrogens (tertiary/aromatic N) is 1. The fourth-order valence-electron chi connectivity index (χ4n) is 3.00. The van der Waals surface area contributed by atoms with Crippen LogP contribution in [0.15, 0.2) is 48.5 Å². The summed E-state index contributed by atoms with van der Waals surface area (Å²) in [5.74, 6) is -1.84. The molecule has 2 aromatic carbocycles. The van der Waals surface area contributed by atoms with Gasteiger partial charge < -0.3 is 4.74 Å². The van der Waals surface area contributed by atoms with Gasteiger partial charge in [0.25, 0.3) is 11.8 Å². The molecule has 0 bridgehead atoms. The van der Waals surface area contributed by atoms with E-state index in [0.29, 0.717) is 16.1 Å². The smallest absolute Gasteiger partial charge is 0.329 e. The fourth-order valence-corrected chi connectivity index (χ4v) is 3.22. The lowest BCUT2D eigenvalue weighted by molar-refractivity contribution is -0.151. The molecule has 6 heteroatoms. The van der Waals surface area contributed by atoms with Gasteiger partial charge in [-0.25, -0.2) is 4.79 Å². The molecule has 0 spiro atoms. The highest BCUT2D eigenvalue weighted by molar-refractivity contribution is 6.30. The van der Waals surface area contributed by atoms with E-state index in [4.69, 9.17) is 16.3 Å². The highest BCUT2D eigenvalue weighted by atomic mass is 35.5. The second kappa shape index (κ2) is 7.30. The molecule has 26 heavy (non-hydrogen) atoms. The molecule has 0 saturated carbocycles. The number of fused-ring (bicyclic) bond motifs is 1. The first-order valence-corrected chi connectivity index (χ1v) is 8.66. The number of hydrogen-bond donors (Lipinski definition) is 0. The quantitative estimate of drug-likeness (QED) is 0.593. The van der Waals surface area contributed by atoms with E-state index < -0.39 is 23.8 Å². The average molecular weight is 372 g/mol. The number of hydrogen-bond acceptors (Lipinski definition) is 4. The molecule has 0 aliphatic carbocycles. The van der Waals surface area contributed by atoms with E-state index in [-0.39, 0.29) is 12.5 Å². The van der Waals surface area contributed by atoms with Crippen molar-refractivity contribution in [1.29, 1.82) is 0 Å². The summed E-state index contributed by atoms with van der Waals surface area (Å²) in [6, 6.07) is 12.5. The molecule has 0 radical (unpaired) electrons. The lowest BCUT2D eigenvalue weighted by Gasteiger charge is -2.27. The van der Waals surface area contributed by atoms with Gasteiger partial charge in [0.2, 0.25) is 0 Å². The first kappa shape index (κ1) is 18.1. The first-order valence-electron chi connectivity index (χ1n) is 8.28. The van der Waals surface area contributed by atoms with Crippen LogP contribution >= 0.6 is 11.6 Å². The van der Waals surface area contributed by atoms with Gasteiger partial charge in [0.15, 0.2) is 0 Å². The topological polar surface area (TPSA) is 63.7 Å². The Kier molecular flexibility index (Phi) is 5.09. The fraction of sp³-hybridized carbons (Fsp3) is 0.250. The van der Waals surface area contributed by atoms with Crippen LogP contribution in [0.5, 0.6) is 0 Å². The van der Waals surface area contributed by atoms with Crippen molar-refractivity contribution in [3.63, 3.8) is 0 Å². The highest BCUT2D eigenvalue weighted by Gasteiger charge is 2.44. The molecule has 134 valence electrons. The van der Waals surface area contributed by atoms with Crippen molar-refractivity contribution in [2.75, 3.05) is 0 Å². The van der Waals surface area contributed by atoms with Crippen LogP contribution in [0.3, 0.4) is 0 Å². The predicted molar refractivity (Wildman–Crippen MR) is 96.8 cm³/mol. The number of halogens is 1. The molecule has 3 rings (SSSR count). The average Bonchev–Trinajstić information content (AvgIpc) is 2.86. The van der Waals surface area contributed by atoms with Crippen LogP contribution in [-0.2, 0) is 16.1 Å². The number of carbonyl (C=O) groups excluding carboxylic acids is 3. The summed E-state index contributed by atoms with van der Waals surface area (Å²) in [7, 11) is 0. The van der Waals surface area contributed by atoms with Crippen molar-refractivity contribution in [3.8, 4) is 0 Å². The number of ether oxygens (including phenoxy) is 1. The number of rotatable bonds is 5. The number of carbonyl (C=O) groups is 3. The second-order valence-electron chi connectivity index (χ2n) is 6.45. The molecule has 2 amide bonds. The molecule has 2 aromatic rings. The maximum atomic E-state index is 12.7. The van der Waals surface area contributed by atoms with Crippen LogP contribution in [0.2, 0.25) is 5.02 Å². The third-order valence-corrected chi connectivity index (χ3v) is 4.48. The number of benzene rings is 2. The van der Waals surface area contributed by atoms with Crippen LogP contribution in [0.4, 0.5) is 0 Å². The van der Waals surface area contributed by atoms with Gasteiger partial charge >= 0.3 is 5.97 Å². The van der Waals surface area contributed by atoms with Crippen LogP contribution in [0.25, 0.3) is 0 Å². The molecule has 0 N–H and O–H groups in total. The minimum absolute atomic E-state index is 0.0196. The van der Waals surface area contributed by atoms with E-state index in [1.165, 1.54) is 0 Å². The Labute approximate surface area is 156 Å². The van der Waals surface area contributed by atoms with E-state index in [9.17, 15) is 14.4 Å². The van der Waals surface area contributed by atoms with Crippen LogP contribution < -0.4 is 0 Å².